The molecule has 1 spiro atoms. The summed E-state index contributed by atoms with van der Waals surface area (Å²) in [6.45, 7) is 11.6. The van der Waals surface area contributed by atoms with Crippen LogP contribution in [0.25, 0.3) is 11.2 Å². The number of aromatic amines is 1. The topological polar surface area (TPSA) is 98.8 Å². The van der Waals surface area contributed by atoms with Crippen LogP contribution in [0, 0.1) is 0 Å². The first-order valence-electron chi connectivity index (χ1n) is 10.1. The van der Waals surface area contributed by atoms with Gasteiger partial charge in [-0.3, -0.25) is 9.78 Å². The average Bonchev–Trinajstić information content (AvgIpc) is 3.26. The van der Waals surface area contributed by atoms with Gasteiger partial charge in [0.05, 0.1) is 17.8 Å². The van der Waals surface area contributed by atoms with Gasteiger partial charge in [0.1, 0.15) is 0 Å². The summed E-state index contributed by atoms with van der Waals surface area (Å²) in [7, 11) is -1.82. The van der Waals surface area contributed by atoms with Gasteiger partial charge in [0, 0.05) is 4.75 Å². The van der Waals surface area contributed by atoms with Gasteiger partial charge >= 0.3 is 0 Å². The fourth-order valence-electron chi connectivity index (χ4n) is 4.24. The quantitative estimate of drug-likeness (QED) is 0.726. The van der Waals surface area contributed by atoms with E-state index >= 15 is 0 Å². The van der Waals surface area contributed by atoms with E-state index in [1.165, 1.54) is 12.8 Å². The highest BCUT2D eigenvalue weighted by Gasteiger charge is 2.53. The molecule has 3 atom stereocenters. The maximum Gasteiger partial charge on any atom is 0.280 e. The maximum atomic E-state index is 12.1. The zero-order chi connectivity index (χ0) is 20.3. The Hall–Kier alpha value is -1.32. The molecule has 28 heavy (non-hydrogen) atoms. The van der Waals surface area contributed by atoms with Gasteiger partial charge < -0.3 is 14.7 Å². The highest BCUT2D eigenvalue weighted by atomic mass is 32.2. The molecule has 1 aliphatic heterocycles. The number of hydrogen-bond acceptors (Lipinski definition) is 6. The molecule has 1 aliphatic carbocycles. The van der Waals surface area contributed by atoms with Gasteiger partial charge in [-0.05, 0) is 50.2 Å². The average molecular weight is 422 g/mol. The second kappa shape index (κ2) is 6.60. The Bertz CT molecular complexity index is 950. The smallest absolute Gasteiger partial charge is 0.280 e. The van der Waals surface area contributed by atoms with Crippen LogP contribution < -0.4 is 11.3 Å². The summed E-state index contributed by atoms with van der Waals surface area (Å²) in [5.74, 6) is 0.136. The van der Waals surface area contributed by atoms with Crippen LogP contribution >= 0.6 is 11.8 Å². The normalized spacial score (nSPS) is 28.6. The first kappa shape index (κ1) is 20.0. The highest BCUT2D eigenvalue weighted by molar-refractivity contribution is 8.01. The molecule has 2 aromatic heterocycles. The van der Waals surface area contributed by atoms with Gasteiger partial charge in [-0.15, -0.1) is 11.8 Å². The minimum Gasteiger partial charge on any atom is -0.413 e. The molecule has 7 nitrogen and oxygen atoms in total. The number of aromatic nitrogens is 4. The Morgan fingerprint density at radius 1 is 1.36 bits per heavy atom. The van der Waals surface area contributed by atoms with E-state index < -0.39 is 8.32 Å². The number of H-pyrrole nitrogens is 1. The van der Waals surface area contributed by atoms with Crippen molar-refractivity contribution in [3.63, 3.8) is 0 Å². The number of imidazole rings is 1. The summed E-state index contributed by atoms with van der Waals surface area (Å²) in [5.41, 5.74) is 6.43. The summed E-state index contributed by atoms with van der Waals surface area (Å²) in [5, 5.41) is 0.421. The molecular formula is C19H31N5O2SSi. The standard InChI is InChI=1S/C19H31N5O2SSi/c1-18(2,3)28(4,5)26-12-7-6-9-19(12)10-8-13(27-19)24-11-21-14-15(24)22-17(20)23-16(14)25/h11-13H,6-10H2,1-5H3,(H3,20,22,23,25)/t12-,13-,19+/m1/s1. The van der Waals surface area contributed by atoms with Crippen LogP contribution in [-0.4, -0.2) is 38.7 Å². The van der Waals surface area contributed by atoms with Crippen molar-refractivity contribution in [3.8, 4) is 0 Å². The molecule has 2 aromatic rings. The Morgan fingerprint density at radius 3 is 2.82 bits per heavy atom. The number of anilines is 1. The summed E-state index contributed by atoms with van der Waals surface area (Å²) in [6, 6.07) is 0. The van der Waals surface area contributed by atoms with E-state index in [-0.39, 0.29) is 26.7 Å². The lowest BCUT2D eigenvalue weighted by molar-refractivity contribution is 0.155. The molecule has 9 heteroatoms. The van der Waals surface area contributed by atoms with Crippen molar-refractivity contribution in [1.82, 2.24) is 19.5 Å². The predicted octanol–water partition coefficient (Wildman–Crippen LogP) is 4.04. The number of nitrogens with zero attached hydrogens (tertiary/aromatic N) is 3. The first-order valence-corrected chi connectivity index (χ1v) is 13.9. The molecule has 154 valence electrons. The molecule has 4 rings (SSSR count). The van der Waals surface area contributed by atoms with E-state index in [1.54, 1.807) is 6.33 Å². The zero-order valence-electron chi connectivity index (χ0n) is 17.4. The number of thioether (sulfide) groups is 1. The predicted molar refractivity (Wildman–Crippen MR) is 117 cm³/mol. The largest absolute Gasteiger partial charge is 0.413 e. The molecule has 3 heterocycles. The van der Waals surface area contributed by atoms with Gasteiger partial charge in [-0.1, -0.05) is 20.8 Å². The highest BCUT2D eigenvalue weighted by Crippen LogP contribution is 2.59. The zero-order valence-corrected chi connectivity index (χ0v) is 19.2. The van der Waals surface area contributed by atoms with Crippen LogP contribution in [-0.2, 0) is 4.43 Å². The number of nitrogen functional groups attached to an aromatic ring is 1. The SMILES string of the molecule is CC(C)(C)[Si](C)(C)O[C@@H]1CCC[C@]12CC[C@H](n1cnc3c(=O)[nH]c(N)nc31)S2. The molecule has 2 aliphatic rings. The number of rotatable bonds is 3. The van der Waals surface area contributed by atoms with Crippen LogP contribution in [0.2, 0.25) is 18.1 Å². The molecule has 0 bridgehead atoms. The fourth-order valence-corrected chi connectivity index (χ4v) is 7.59. The third-order valence-electron chi connectivity index (χ3n) is 6.84. The van der Waals surface area contributed by atoms with Crippen molar-refractivity contribution in [2.24, 2.45) is 0 Å². The number of nitrogens with one attached hydrogen (secondary N) is 1. The minimum atomic E-state index is -1.82. The number of nitrogens with two attached hydrogens (primary N) is 1. The molecule has 3 N–H and O–H groups in total. The molecule has 2 fully saturated rings. The third-order valence-corrected chi connectivity index (χ3v) is 13.2. The Morgan fingerprint density at radius 2 is 2.11 bits per heavy atom. The minimum absolute atomic E-state index is 0.136. The van der Waals surface area contributed by atoms with Crippen LogP contribution in [0.1, 0.15) is 58.2 Å². The van der Waals surface area contributed by atoms with Crippen LogP contribution in [0.15, 0.2) is 11.1 Å². The van der Waals surface area contributed by atoms with Gasteiger partial charge in [0.25, 0.3) is 5.56 Å². The van der Waals surface area contributed by atoms with Gasteiger partial charge in [-0.2, -0.15) is 4.98 Å². The van der Waals surface area contributed by atoms with E-state index in [4.69, 9.17) is 10.2 Å². The van der Waals surface area contributed by atoms with Crippen LogP contribution in [0.3, 0.4) is 0 Å². The number of hydrogen-bond donors (Lipinski definition) is 2. The van der Waals surface area contributed by atoms with E-state index in [1.807, 2.05) is 16.3 Å². The summed E-state index contributed by atoms with van der Waals surface area (Å²) in [4.78, 5) is 23.3. The van der Waals surface area contributed by atoms with Crippen LogP contribution in [0.4, 0.5) is 5.95 Å². The lowest BCUT2D eigenvalue weighted by atomic mass is 9.99. The Balaban J connectivity index is 1.60. The Labute approximate surface area is 171 Å². The summed E-state index contributed by atoms with van der Waals surface area (Å²) < 4.78 is 9.08. The van der Waals surface area contributed by atoms with Gasteiger partial charge in [0.15, 0.2) is 19.5 Å². The van der Waals surface area contributed by atoms with Gasteiger partial charge in [0.2, 0.25) is 5.95 Å². The molecule has 1 saturated heterocycles. The van der Waals surface area contributed by atoms with Crippen molar-refractivity contribution in [2.75, 3.05) is 5.73 Å². The summed E-state index contributed by atoms with van der Waals surface area (Å²) >= 11 is 1.99. The fraction of sp³-hybridized carbons (Fsp3) is 0.737. The maximum absolute atomic E-state index is 12.1. The molecule has 0 amide bonds. The lowest BCUT2D eigenvalue weighted by Crippen LogP contribution is -2.48. The lowest BCUT2D eigenvalue weighted by Gasteiger charge is -2.42. The first-order chi connectivity index (χ1) is 13.0. The van der Waals surface area contributed by atoms with Crippen molar-refractivity contribution in [3.05, 3.63) is 16.7 Å². The van der Waals surface area contributed by atoms with Crippen molar-refractivity contribution < 1.29 is 4.43 Å². The van der Waals surface area contributed by atoms with Gasteiger partial charge in [-0.25, -0.2) is 4.98 Å². The van der Waals surface area contributed by atoms with E-state index in [2.05, 4.69) is 48.8 Å². The van der Waals surface area contributed by atoms with Crippen molar-refractivity contribution in [1.29, 1.82) is 0 Å². The second-order valence-electron chi connectivity index (χ2n) is 9.71. The van der Waals surface area contributed by atoms with E-state index in [0.717, 1.165) is 19.3 Å². The number of fused-ring (bicyclic) bond motifs is 1. The molecule has 0 unspecified atom stereocenters. The van der Waals surface area contributed by atoms with Crippen molar-refractivity contribution in [2.45, 2.75) is 87.2 Å². The Kier molecular flexibility index (Phi) is 4.71. The third kappa shape index (κ3) is 3.21. The molecule has 0 aromatic carbocycles. The van der Waals surface area contributed by atoms with Crippen LogP contribution in [0.5, 0.6) is 0 Å². The van der Waals surface area contributed by atoms with E-state index in [9.17, 15) is 4.79 Å². The second-order valence-corrected chi connectivity index (χ2v) is 16.1. The summed E-state index contributed by atoms with van der Waals surface area (Å²) in [6.07, 6.45) is 7.75. The monoisotopic (exact) mass is 421 g/mol. The molecule has 1 saturated carbocycles. The van der Waals surface area contributed by atoms with Crippen molar-refractivity contribution >= 4 is 37.2 Å². The molecule has 0 radical (unpaired) electrons. The van der Waals surface area contributed by atoms with E-state index in [0.29, 0.717) is 17.3 Å². The molecular weight excluding hydrogens is 390 g/mol.